The Morgan fingerprint density at radius 3 is 2.25 bits per heavy atom. The van der Waals surface area contributed by atoms with E-state index in [4.69, 9.17) is 9.47 Å². The summed E-state index contributed by atoms with van der Waals surface area (Å²) in [4.78, 5) is 13.9. The van der Waals surface area contributed by atoms with Crippen molar-refractivity contribution in [1.82, 2.24) is 10.2 Å². The first-order chi connectivity index (χ1) is 9.77. The molecule has 2 amide bonds. The van der Waals surface area contributed by atoms with Crippen LogP contribution in [0, 0.1) is 5.92 Å². The summed E-state index contributed by atoms with van der Waals surface area (Å²) < 4.78 is 10.1. The van der Waals surface area contributed by atoms with Crippen LogP contribution in [0.1, 0.15) is 38.5 Å². The molecule has 0 aliphatic heterocycles. The van der Waals surface area contributed by atoms with Crippen molar-refractivity contribution in [2.24, 2.45) is 5.92 Å². The Kier molecular flexibility index (Phi) is 9.41. The van der Waals surface area contributed by atoms with E-state index in [-0.39, 0.29) is 6.03 Å². The van der Waals surface area contributed by atoms with Crippen LogP contribution >= 0.6 is 0 Å². The third-order valence-electron chi connectivity index (χ3n) is 3.97. The number of carbonyl (C=O) groups is 1. The second kappa shape index (κ2) is 10.9. The number of hydrogen-bond acceptors (Lipinski definition) is 3. The van der Waals surface area contributed by atoms with Crippen molar-refractivity contribution < 1.29 is 14.3 Å². The zero-order valence-electron chi connectivity index (χ0n) is 13.0. The van der Waals surface area contributed by atoms with Crippen molar-refractivity contribution in [2.75, 3.05) is 47.1 Å². The topological polar surface area (TPSA) is 50.8 Å². The van der Waals surface area contributed by atoms with Gasteiger partial charge in [-0.15, -0.1) is 0 Å². The van der Waals surface area contributed by atoms with Crippen molar-refractivity contribution in [3.8, 4) is 0 Å². The lowest BCUT2D eigenvalue weighted by Gasteiger charge is -2.24. The van der Waals surface area contributed by atoms with Crippen molar-refractivity contribution in [3.05, 3.63) is 0 Å². The lowest BCUT2D eigenvalue weighted by Crippen LogP contribution is -2.43. The third-order valence-corrected chi connectivity index (χ3v) is 3.97. The van der Waals surface area contributed by atoms with E-state index in [1.807, 2.05) is 0 Å². The van der Waals surface area contributed by atoms with E-state index in [9.17, 15) is 4.79 Å². The molecular formula is C15H30N2O3. The number of methoxy groups -OCH3 is 2. The Hall–Kier alpha value is -0.810. The molecule has 1 aliphatic carbocycles. The van der Waals surface area contributed by atoms with Gasteiger partial charge in [0.2, 0.25) is 0 Å². The van der Waals surface area contributed by atoms with Crippen LogP contribution in [0.3, 0.4) is 0 Å². The number of ether oxygens (including phenoxy) is 2. The van der Waals surface area contributed by atoms with Crippen molar-refractivity contribution in [1.29, 1.82) is 0 Å². The third kappa shape index (κ3) is 7.10. The van der Waals surface area contributed by atoms with Crippen molar-refractivity contribution in [3.63, 3.8) is 0 Å². The van der Waals surface area contributed by atoms with Crippen LogP contribution < -0.4 is 5.32 Å². The molecule has 1 fully saturated rings. The number of nitrogens with zero attached hydrogens (tertiary/aromatic N) is 1. The van der Waals surface area contributed by atoms with Crippen LogP contribution in [0.4, 0.5) is 4.79 Å². The second-order valence-electron chi connectivity index (χ2n) is 5.50. The Balaban J connectivity index is 2.21. The van der Waals surface area contributed by atoms with Gasteiger partial charge in [0.15, 0.2) is 0 Å². The summed E-state index contributed by atoms with van der Waals surface area (Å²) in [6.45, 7) is 3.10. The van der Waals surface area contributed by atoms with E-state index >= 15 is 0 Å². The molecule has 0 unspecified atom stereocenters. The smallest absolute Gasteiger partial charge is 0.317 e. The predicted molar refractivity (Wildman–Crippen MR) is 79.9 cm³/mol. The van der Waals surface area contributed by atoms with E-state index in [2.05, 4.69) is 5.32 Å². The largest absolute Gasteiger partial charge is 0.383 e. The predicted octanol–water partition coefficient (Wildman–Crippen LogP) is 2.26. The first-order valence-corrected chi connectivity index (χ1v) is 7.78. The van der Waals surface area contributed by atoms with Gasteiger partial charge < -0.3 is 19.7 Å². The van der Waals surface area contributed by atoms with E-state index in [0.29, 0.717) is 26.3 Å². The van der Waals surface area contributed by atoms with Gasteiger partial charge >= 0.3 is 6.03 Å². The summed E-state index contributed by atoms with van der Waals surface area (Å²) in [5, 5.41) is 3.02. The molecule has 1 aliphatic rings. The van der Waals surface area contributed by atoms with Gasteiger partial charge in [0.05, 0.1) is 13.2 Å². The van der Waals surface area contributed by atoms with E-state index < -0.39 is 0 Å². The minimum absolute atomic E-state index is 0.00471. The molecule has 0 aromatic carbocycles. The highest BCUT2D eigenvalue weighted by Crippen LogP contribution is 2.25. The number of carbonyl (C=O) groups excluding carboxylic acids is 1. The molecule has 5 nitrogen and oxygen atoms in total. The number of nitrogens with one attached hydrogen (secondary N) is 1. The van der Waals surface area contributed by atoms with Crippen LogP contribution in [0.25, 0.3) is 0 Å². The van der Waals surface area contributed by atoms with Crippen LogP contribution in [0.2, 0.25) is 0 Å². The lowest BCUT2D eigenvalue weighted by atomic mass is 9.87. The molecule has 0 saturated heterocycles. The monoisotopic (exact) mass is 286 g/mol. The highest BCUT2D eigenvalue weighted by Gasteiger charge is 2.15. The maximum atomic E-state index is 12.1. The molecule has 1 N–H and O–H groups in total. The Labute approximate surface area is 123 Å². The van der Waals surface area contributed by atoms with Crippen LogP contribution in [-0.4, -0.2) is 58.0 Å². The molecule has 0 aromatic rings. The summed E-state index contributed by atoms with van der Waals surface area (Å²) in [5.74, 6) is 0.801. The normalized spacial score (nSPS) is 16.1. The fraction of sp³-hybridized carbons (Fsp3) is 0.933. The highest BCUT2D eigenvalue weighted by molar-refractivity contribution is 5.74. The van der Waals surface area contributed by atoms with Gasteiger partial charge in [-0.2, -0.15) is 0 Å². The van der Waals surface area contributed by atoms with Gasteiger partial charge in [0, 0.05) is 33.9 Å². The minimum atomic E-state index is -0.00471. The lowest BCUT2D eigenvalue weighted by molar-refractivity contribution is 0.122. The molecule has 0 atom stereocenters. The molecular weight excluding hydrogens is 256 g/mol. The molecule has 1 rings (SSSR count). The van der Waals surface area contributed by atoms with Gasteiger partial charge in [-0.3, -0.25) is 0 Å². The van der Waals surface area contributed by atoms with E-state index in [1.54, 1.807) is 19.1 Å². The molecule has 0 spiro atoms. The Morgan fingerprint density at radius 2 is 1.70 bits per heavy atom. The van der Waals surface area contributed by atoms with Gasteiger partial charge in [0.1, 0.15) is 0 Å². The summed E-state index contributed by atoms with van der Waals surface area (Å²) in [5.41, 5.74) is 0. The summed E-state index contributed by atoms with van der Waals surface area (Å²) in [6, 6.07) is -0.00471. The van der Waals surface area contributed by atoms with Gasteiger partial charge in [-0.1, -0.05) is 32.1 Å². The molecule has 1 saturated carbocycles. The number of hydrogen-bond donors (Lipinski definition) is 1. The fourth-order valence-electron chi connectivity index (χ4n) is 2.69. The van der Waals surface area contributed by atoms with E-state index in [0.717, 1.165) is 18.9 Å². The quantitative estimate of drug-likeness (QED) is 0.707. The molecule has 20 heavy (non-hydrogen) atoms. The zero-order valence-corrected chi connectivity index (χ0v) is 13.0. The summed E-state index contributed by atoms with van der Waals surface area (Å²) in [6.07, 6.45) is 7.84. The molecule has 5 heteroatoms. The summed E-state index contributed by atoms with van der Waals surface area (Å²) in [7, 11) is 3.30. The average molecular weight is 286 g/mol. The SMILES string of the molecule is COCCN(CCOC)C(=O)NCCC1CCCCC1. The number of amides is 2. The maximum absolute atomic E-state index is 12.1. The molecule has 0 heterocycles. The highest BCUT2D eigenvalue weighted by atomic mass is 16.5. The van der Waals surface area contributed by atoms with Gasteiger partial charge in [-0.05, 0) is 12.3 Å². The van der Waals surface area contributed by atoms with Crippen LogP contribution in [-0.2, 0) is 9.47 Å². The van der Waals surface area contributed by atoms with Crippen LogP contribution in [0.15, 0.2) is 0 Å². The van der Waals surface area contributed by atoms with Crippen molar-refractivity contribution >= 4 is 6.03 Å². The van der Waals surface area contributed by atoms with Crippen LogP contribution in [0.5, 0.6) is 0 Å². The second-order valence-corrected chi connectivity index (χ2v) is 5.50. The standard InChI is InChI=1S/C15H30N2O3/c1-19-12-10-17(11-13-20-2)15(18)16-9-8-14-6-4-3-5-7-14/h14H,3-13H2,1-2H3,(H,16,18). The zero-order chi connectivity index (χ0) is 14.6. The maximum Gasteiger partial charge on any atom is 0.317 e. The molecule has 0 radical (unpaired) electrons. The van der Waals surface area contributed by atoms with Crippen molar-refractivity contribution in [2.45, 2.75) is 38.5 Å². The molecule has 118 valence electrons. The van der Waals surface area contributed by atoms with E-state index in [1.165, 1.54) is 32.1 Å². The number of urea groups is 1. The first kappa shape index (κ1) is 17.2. The Bertz CT molecular complexity index is 248. The molecule has 0 aromatic heterocycles. The van der Waals surface area contributed by atoms with Gasteiger partial charge in [0.25, 0.3) is 0 Å². The number of rotatable bonds is 9. The molecule has 0 bridgehead atoms. The first-order valence-electron chi connectivity index (χ1n) is 7.78. The van der Waals surface area contributed by atoms with Gasteiger partial charge in [-0.25, -0.2) is 4.79 Å². The minimum Gasteiger partial charge on any atom is -0.383 e. The summed E-state index contributed by atoms with van der Waals surface area (Å²) >= 11 is 0. The fourth-order valence-corrected chi connectivity index (χ4v) is 2.69. The Morgan fingerprint density at radius 1 is 1.10 bits per heavy atom. The average Bonchev–Trinajstić information content (AvgIpc) is 2.48.